The molecule has 2 aliphatic heterocycles. The van der Waals surface area contributed by atoms with Gasteiger partial charge in [-0.2, -0.15) is 4.31 Å². The van der Waals surface area contributed by atoms with E-state index in [0.717, 1.165) is 49.2 Å². The number of hydrogen-bond acceptors (Lipinski definition) is 5. The molecule has 178 valence electrons. The Balaban J connectivity index is 1.52. The van der Waals surface area contributed by atoms with E-state index in [1.807, 2.05) is 19.1 Å². The first-order chi connectivity index (χ1) is 15.9. The predicted molar refractivity (Wildman–Crippen MR) is 123 cm³/mol. The highest BCUT2D eigenvalue weighted by molar-refractivity contribution is 7.89. The quantitative estimate of drug-likeness (QED) is 0.666. The van der Waals surface area contributed by atoms with Gasteiger partial charge in [0.15, 0.2) is 0 Å². The maximum Gasteiger partial charge on any atom is 0.251 e. The van der Waals surface area contributed by atoms with Crippen LogP contribution in [0, 0.1) is 12.7 Å². The highest BCUT2D eigenvalue weighted by Crippen LogP contribution is 2.25. The van der Waals surface area contributed by atoms with Gasteiger partial charge in [0.1, 0.15) is 10.7 Å². The minimum absolute atomic E-state index is 0.0494. The molecule has 2 aromatic rings. The molecule has 0 aromatic heterocycles. The Labute approximate surface area is 194 Å². The van der Waals surface area contributed by atoms with Crippen molar-refractivity contribution in [1.82, 2.24) is 14.5 Å². The van der Waals surface area contributed by atoms with E-state index < -0.39 is 26.6 Å². The number of nitrogens with one attached hydrogen (secondary N) is 1. The van der Waals surface area contributed by atoms with Crippen molar-refractivity contribution in [2.75, 3.05) is 45.9 Å². The highest BCUT2D eigenvalue weighted by atomic mass is 32.2. The summed E-state index contributed by atoms with van der Waals surface area (Å²) in [5.74, 6) is -1.28. The first-order valence-corrected chi connectivity index (χ1v) is 12.8. The predicted octanol–water partition coefficient (Wildman–Crippen LogP) is 2.72. The molecule has 2 aliphatic rings. The van der Waals surface area contributed by atoms with Crippen LogP contribution in [-0.4, -0.2) is 69.5 Å². The maximum absolute atomic E-state index is 14.4. The Morgan fingerprint density at radius 3 is 2.39 bits per heavy atom. The number of benzene rings is 2. The number of nitrogens with zero attached hydrogens (tertiary/aromatic N) is 2. The van der Waals surface area contributed by atoms with Crippen LogP contribution in [0.4, 0.5) is 4.39 Å². The molecule has 33 heavy (non-hydrogen) atoms. The van der Waals surface area contributed by atoms with Crippen molar-refractivity contribution in [2.45, 2.75) is 30.7 Å². The van der Waals surface area contributed by atoms with Crippen molar-refractivity contribution in [2.24, 2.45) is 0 Å². The van der Waals surface area contributed by atoms with Crippen molar-refractivity contribution < 1.29 is 22.3 Å². The summed E-state index contributed by atoms with van der Waals surface area (Å²) in [7, 11) is -3.96. The maximum atomic E-state index is 14.4. The molecule has 0 saturated carbocycles. The molecule has 0 aliphatic carbocycles. The third-order valence-electron chi connectivity index (χ3n) is 6.28. The molecule has 1 amide bonds. The van der Waals surface area contributed by atoms with Crippen LogP contribution in [0.5, 0.6) is 0 Å². The summed E-state index contributed by atoms with van der Waals surface area (Å²) in [6, 6.07) is 11.7. The van der Waals surface area contributed by atoms with E-state index in [-0.39, 0.29) is 11.6 Å². The van der Waals surface area contributed by atoms with Crippen LogP contribution in [-0.2, 0) is 14.8 Å². The summed E-state index contributed by atoms with van der Waals surface area (Å²) >= 11 is 0. The number of halogens is 1. The molecule has 4 rings (SSSR count). The van der Waals surface area contributed by atoms with Crippen molar-refractivity contribution in [1.29, 1.82) is 0 Å². The van der Waals surface area contributed by atoms with E-state index in [1.54, 1.807) is 0 Å². The van der Waals surface area contributed by atoms with E-state index in [0.29, 0.717) is 32.8 Å². The summed E-state index contributed by atoms with van der Waals surface area (Å²) in [5, 5.41) is 2.92. The molecule has 1 atom stereocenters. The second kappa shape index (κ2) is 10.3. The molecular formula is C24H30FN3O4S. The summed E-state index contributed by atoms with van der Waals surface area (Å²) < 4.78 is 46.9. The molecule has 2 saturated heterocycles. The molecule has 7 nitrogen and oxygen atoms in total. The van der Waals surface area contributed by atoms with Gasteiger partial charge in [0.25, 0.3) is 5.91 Å². The Bertz CT molecular complexity index is 1080. The number of amides is 1. The number of ether oxygens (including phenoxy) is 1. The lowest BCUT2D eigenvalue weighted by Gasteiger charge is -2.35. The summed E-state index contributed by atoms with van der Waals surface area (Å²) in [5.41, 5.74) is 2.36. The smallest absolute Gasteiger partial charge is 0.251 e. The zero-order valence-corrected chi connectivity index (χ0v) is 19.6. The molecule has 0 spiro atoms. The second-order valence-electron chi connectivity index (χ2n) is 8.54. The van der Waals surface area contributed by atoms with Gasteiger partial charge in [-0.25, -0.2) is 12.8 Å². The average molecular weight is 476 g/mol. The van der Waals surface area contributed by atoms with Gasteiger partial charge in [0, 0.05) is 38.3 Å². The number of hydrogen-bond donors (Lipinski definition) is 1. The first kappa shape index (κ1) is 23.8. The minimum atomic E-state index is -3.96. The fourth-order valence-corrected chi connectivity index (χ4v) is 5.94. The van der Waals surface area contributed by atoms with Crippen LogP contribution < -0.4 is 5.32 Å². The van der Waals surface area contributed by atoms with E-state index >= 15 is 0 Å². The lowest BCUT2D eigenvalue weighted by molar-refractivity contribution is 0.0162. The first-order valence-electron chi connectivity index (χ1n) is 11.3. The molecular weight excluding hydrogens is 445 g/mol. The van der Waals surface area contributed by atoms with Crippen molar-refractivity contribution in [3.05, 3.63) is 65.0 Å². The Kier molecular flexibility index (Phi) is 7.43. The molecule has 2 heterocycles. The van der Waals surface area contributed by atoms with Gasteiger partial charge in [0.05, 0.1) is 19.3 Å². The normalized spacial score (nSPS) is 18.8. The molecule has 1 N–H and O–H groups in total. The Morgan fingerprint density at radius 1 is 1.06 bits per heavy atom. The number of carbonyl (C=O) groups is 1. The van der Waals surface area contributed by atoms with Gasteiger partial charge in [-0.1, -0.05) is 29.8 Å². The SMILES string of the molecule is Cc1ccc(C(CNC(=O)c2ccc(F)c(S(=O)(=O)N3CCCC3)c2)N2CCOCC2)cc1. The van der Waals surface area contributed by atoms with Crippen molar-refractivity contribution in [3.8, 4) is 0 Å². The van der Waals surface area contributed by atoms with Crippen LogP contribution in [0.15, 0.2) is 47.4 Å². The van der Waals surface area contributed by atoms with Crippen molar-refractivity contribution >= 4 is 15.9 Å². The van der Waals surface area contributed by atoms with Gasteiger partial charge in [-0.3, -0.25) is 9.69 Å². The van der Waals surface area contributed by atoms with Gasteiger partial charge < -0.3 is 10.1 Å². The zero-order chi connectivity index (χ0) is 23.4. The van der Waals surface area contributed by atoms with Crippen LogP contribution in [0.25, 0.3) is 0 Å². The molecule has 1 unspecified atom stereocenters. The molecule has 2 fully saturated rings. The zero-order valence-electron chi connectivity index (χ0n) is 18.8. The number of morpholine rings is 1. The summed E-state index contributed by atoms with van der Waals surface area (Å²) in [6.07, 6.45) is 1.51. The highest BCUT2D eigenvalue weighted by Gasteiger charge is 2.30. The van der Waals surface area contributed by atoms with Crippen LogP contribution in [0.2, 0.25) is 0 Å². The Hall–Kier alpha value is -2.33. The minimum Gasteiger partial charge on any atom is -0.379 e. The summed E-state index contributed by atoms with van der Waals surface area (Å²) in [4.78, 5) is 14.8. The van der Waals surface area contributed by atoms with Gasteiger partial charge in [-0.15, -0.1) is 0 Å². The van der Waals surface area contributed by atoms with Gasteiger partial charge in [-0.05, 0) is 43.5 Å². The number of sulfonamides is 1. The third kappa shape index (κ3) is 5.43. The monoisotopic (exact) mass is 475 g/mol. The number of carbonyl (C=O) groups excluding carboxylic acids is 1. The number of rotatable bonds is 7. The lowest BCUT2D eigenvalue weighted by Crippen LogP contribution is -2.43. The average Bonchev–Trinajstić information content (AvgIpc) is 3.37. The Morgan fingerprint density at radius 2 is 1.73 bits per heavy atom. The van der Waals surface area contributed by atoms with Gasteiger partial charge in [0.2, 0.25) is 10.0 Å². The molecule has 9 heteroatoms. The topological polar surface area (TPSA) is 79.0 Å². The lowest BCUT2D eigenvalue weighted by atomic mass is 10.0. The standard InChI is InChI=1S/C24H30FN3O4S/c1-18-4-6-19(7-5-18)22(27-12-14-32-15-13-27)17-26-24(29)20-8-9-21(25)23(16-20)33(30,31)28-10-2-3-11-28/h4-9,16,22H,2-3,10-15,17H2,1H3,(H,26,29). The molecule has 0 radical (unpaired) electrons. The largest absolute Gasteiger partial charge is 0.379 e. The summed E-state index contributed by atoms with van der Waals surface area (Å²) in [6.45, 7) is 5.88. The third-order valence-corrected chi connectivity index (χ3v) is 8.19. The van der Waals surface area contributed by atoms with E-state index in [9.17, 15) is 17.6 Å². The van der Waals surface area contributed by atoms with Crippen molar-refractivity contribution in [3.63, 3.8) is 0 Å². The molecule has 2 aromatic carbocycles. The van der Waals surface area contributed by atoms with E-state index in [1.165, 1.54) is 10.4 Å². The number of aryl methyl sites for hydroxylation is 1. The van der Waals surface area contributed by atoms with Gasteiger partial charge >= 0.3 is 0 Å². The van der Waals surface area contributed by atoms with E-state index in [2.05, 4.69) is 22.3 Å². The van der Waals surface area contributed by atoms with Crippen LogP contribution >= 0.6 is 0 Å². The fourth-order valence-electron chi connectivity index (χ4n) is 4.34. The van der Waals surface area contributed by atoms with E-state index in [4.69, 9.17) is 4.74 Å². The van der Waals surface area contributed by atoms with Crippen LogP contribution in [0.1, 0.15) is 40.4 Å². The van der Waals surface area contributed by atoms with Crippen LogP contribution in [0.3, 0.4) is 0 Å². The molecule has 0 bridgehead atoms. The second-order valence-corrected chi connectivity index (χ2v) is 10.4. The fraction of sp³-hybridized carbons (Fsp3) is 0.458.